The Kier molecular flexibility index (Phi) is 5.42. The van der Waals surface area contributed by atoms with Gasteiger partial charge in [0.25, 0.3) is 5.91 Å². The van der Waals surface area contributed by atoms with E-state index in [4.69, 9.17) is 11.6 Å². The van der Waals surface area contributed by atoms with Crippen LogP contribution < -0.4 is 10.2 Å². The third-order valence-corrected chi connectivity index (χ3v) is 4.89. The van der Waals surface area contributed by atoms with Crippen LogP contribution in [-0.4, -0.2) is 47.9 Å². The van der Waals surface area contributed by atoms with E-state index in [1.807, 2.05) is 24.0 Å². The van der Waals surface area contributed by atoms with Crippen LogP contribution >= 0.6 is 11.6 Å². The van der Waals surface area contributed by atoms with Crippen LogP contribution in [0, 0.1) is 6.92 Å². The second-order valence-electron chi connectivity index (χ2n) is 6.31. The van der Waals surface area contributed by atoms with Crippen molar-refractivity contribution in [1.29, 1.82) is 0 Å². The van der Waals surface area contributed by atoms with Gasteiger partial charge in [-0.15, -0.1) is 0 Å². The number of halogens is 1. The lowest BCUT2D eigenvalue weighted by Crippen LogP contribution is -2.48. The van der Waals surface area contributed by atoms with Crippen LogP contribution in [0.5, 0.6) is 0 Å². The zero-order valence-corrected chi connectivity index (χ0v) is 15.6. The maximum absolute atomic E-state index is 12.5. The number of benzene rings is 1. The van der Waals surface area contributed by atoms with Crippen molar-refractivity contribution in [2.75, 3.05) is 36.4 Å². The van der Waals surface area contributed by atoms with Gasteiger partial charge in [-0.25, -0.2) is 4.98 Å². The summed E-state index contributed by atoms with van der Waals surface area (Å²) in [5.41, 5.74) is 2.14. The molecule has 1 N–H and O–H groups in total. The van der Waals surface area contributed by atoms with Crippen LogP contribution in [0.3, 0.4) is 0 Å². The van der Waals surface area contributed by atoms with Crippen molar-refractivity contribution in [1.82, 2.24) is 9.88 Å². The molecule has 1 aromatic carbocycles. The zero-order valence-electron chi connectivity index (χ0n) is 14.8. The lowest BCUT2D eigenvalue weighted by atomic mass is 10.2. The average Bonchev–Trinajstić information content (AvgIpc) is 2.65. The summed E-state index contributed by atoms with van der Waals surface area (Å²) in [5, 5.41) is 3.47. The van der Waals surface area contributed by atoms with Gasteiger partial charge < -0.3 is 15.1 Å². The number of amides is 2. The highest BCUT2D eigenvalue weighted by Crippen LogP contribution is 2.21. The third-order valence-electron chi connectivity index (χ3n) is 4.49. The Labute approximate surface area is 157 Å². The molecule has 2 heterocycles. The molecular formula is C19H21ClN4O2. The van der Waals surface area contributed by atoms with E-state index in [1.165, 1.54) is 0 Å². The lowest BCUT2D eigenvalue weighted by Gasteiger charge is -2.35. The van der Waals surface area contributed by atoms with Crippen molar-refractivity contribution in [2.45, 2.75) is 13.8 Å². The first-order chi connectivity index (χ1) is 12.4. The van der Waals surface area contributed by atoms with Gasteiger partial charge in [0.15, 0.2) is 0 Å². The summed E-state index contributed by atoms with van der Waals surface area (Å²) >= 11 is 6.11. The van der Waals surface area contributed by atoms with Crippen molar-refractivity contribution in [3.8, 4) is 0 Å². The van der Waals surface area contributed by atoms with Crippen LogP contribution in [0.2, 0.25) is 5.02 Å². The summed E-state index contributed by atoms with van der Waals surface area (Å²) in [6.07, 6.45) is 1.63. The molecule has 0 radical (unpaired) electrons. The van der Waals surface area contributed by atoms with Gasteiger partial charge in [0, 0.05) is 55.6 Å². The third kappa shape index (κ3) is 4.14. The largest absolute Gasteiger partial charge is 0.353 e. The molecule has 2 aromatic rings. The first kappa shape index (κ1) is 18.2. The summed E-state index contributed by atoms with van der Waals surface area (Å²) in [6, 6.07) is 8.87. The van der Waals surface area contributed by atoms with Gasteiger partial charge in [-0.3, -0.25) is 9.59 Å². The highest BCUT2D eigenvalue weighted by molar-refractivity contribution is 6.31. The van der Waals surface area contributed by atoms with Crippen molar-refractivity contribution >= 4 is 34.9 Å². The van der Waals surface area contributed by atoms with Crippen LogP contribution in [0.4, 0.5) is 11.5 Å². The molecule has 0 bridgehead atoms. The first-order valence-electron chi connectivity index (χ1n) is 8.48. The number of aromatic nitrogens is 1. The van der Waals surface area contributed by atoms with E-state index in [0.717, 1.165) is 11.4 Å². The zero-order chi connectivity index (χ0) is 18.7. The minimum absolute atomic E-state index is 0.0856. The maximum Gasteiger partial charge on any atom is 0.255 e. The molecule has 1 fully saturated rings. The van der Waals surface area contributed by atoms with Gasteiger partial charge in [-0.2, -0.15) is 0 Å². The Balaban J connectivity index is 1.69. The fourth-order valence-electron chi connectivity index (χ4n) is 2.86. The monoisotopic (exact) mass is 372 g/mol. The molecule has 2 amide bonds. The molecule has 0 unspecified atom stereocenters. The molecule has 1 saturated heterocycles. The van der Waals surface area contributed by atoms with Gasteiger partial charge in [-0.1, -0.05) is 17.7 Å². The van der Waals surface area contributed by atoms with E-state index in [9.17, 15) is 9.59 Å². The Morgan fingerprint density at radius 2 is 1.85 bits per heavy atom. The molecule has 7 heteroatoms. The predicted molar refractivity (Wildman–Crippen MR) is 103 cm³/mol. The van der Waals surface area contributed by atoms with E-state index < -0.39 is 0 Å². The standard InChI is InChI=1S/C19H21ClN4O2/c1-13-3-4-16(12-17(13)20)22-19(26)15-5-6-21-18(11-15)24-9-7-23(8-10-24)14(2)25/h3-6,11-12H,7-10H2,1-2H3,(H,22,26). The van der Waals surface area contributed by atoms with E-state index in [1.54, 1.807) is 31.3 Å². The maximum atomic E-state index is 12.5. The highest BCUT2D eigenvalue weighted by Gasteiger charge is 2.20. The van der Waals surface area contributed by atoms with Crippen molar-refractivity contribution in [3.05, 3.63) is 52.7 Å². The average molecular weight is 373 g/mol. The second-order valence-corrected chi connectivity index (χ2v) is 6.72. The summed E-state index contributed by atoms with van der Waals surface area (Å²) in [5.74, 6) is 0.612. The van der Waals surface area contributed by atoms with Crippen LogP contribution in [0.25, 0.3) is 0 Å². The molecular weight excluding hydrogens is 352 g/mol. The van der Waals surface area contributed by atoms with Gasteiger partial charge in [-0.05, 0) is 36.8 Å². The molecule has 1 aliphatic rings. The number of carbonyl (C=O) groups is 2. The van der Waals surface area contributed by atoms with Gasteiger partial charge in [0.1, 0.15) is 5.82 Å². The molecule has 0 saturated carbocycles. The number of nitrogens with zero attached hydrogens (tertiary/aromatic N) is 3. The highest BCUT2D eigenvalue weighted by atomic mass is 35.5. The smallest absolute Gasteiger partial charge is 0.255 e. The number of rotatable bonds is 3. The molecule has 6 nitrogen and oxygen atoms in total. The number of piperazine rings is 1. The van der Waals surface area contributed by atoms with E-state index in [2.05, 4.69) is 15.2 Å². The Morgan fingerprint density at radius 3 is 2.50 bits per heavy atom. The summed E-state index contributed by atoms with van der Waals surface area (Å²) < 4.78 is 0. The molecule has 1 aliphatic heterocycles. The number of pyridine rings is 1. The Morgan fingerprint density at radius 1 is 1.12 bits per heavy atom. The van der Waals surface area contributed by atoms with Crippen LogP contribution in [0.15, 0.2) is 36.5 Å². The molecule has 3 rings (SSSR count). The van der Waals surface area contributed by atoms with Gasteiger partial charge in [0.2, 0.25) is 5.91 Å². The fourth-order valence-corrected chi connectivity index (χ4v) is 3.04. The normalized spacial score (nSPS) is 14.3. The first-order valence-corrected chi connectivity index (χ1v) is 8.86. The van der Waals surface area contributed by atoms with Crippen molar-refractivity contribution in [2.24, 2.45) is 0 Å². The SMILES string of the molecule is CC(=O)N1CCN(c2cc(C(=O)Nc3ccc(C)c(Cl)c3)ccn2)CC1. The molecule has 1 aromatic heterocycles. The van der Waals surface area contributed by atoms with E-state index in [0.29, 0.717) is 42.5 Å². The fraction of sp³-hybridized carbons (Fsp3) is 0.316. The van der Waals surface area contributed by atoms with Gasteiger partial charge >= 0.3 is 0 Å². The molecule has 0 spiro atoms. The van der Waals surface area contributed by atoms with Crippen molar-refractivity contribution in [3.63, 3.8) is 0 Å². The molecule has 136 valence electrons. The lowest BCUT2D eigenvalue weighted by molar-refractivity contribution is -0.129. The minimum Gasteiger partial charge on any atom is -0.353 e. The Bertz CT molecular complexity index is 832. The predicted octanol–water partition coefficient (Wildman–Crippen LogP) is 2.96. The Hall–Kier alpha value is -2.60. The molecule has 26 heavy (non-hydrogen) atoms. The van der Waals surface area contributed by atoms with Crippen LogP contribution in [0.1, 0.15) is 22.8 Å². The molecule has 0 aliphatic carbocycles. The van der Waals surface area contributed by atoms with E-state index in [-0.39, 0.29) is 11.8 Å². The minimum atomic E-state index is -0.212. The van der Waals surface area contributed by atoms with Crippen LogP contribution in [-0.2, 0) is 4.79 Å². The summed E-state index contributed by atoms with van der Waals surface area (Å²) in [6.45, 7) is 6.21. The van der Waals surface area contributed by atoms with E-state index >= 15 is 0 Å². The summed E-state index contributed by atoms with van der Waals surface area (Å²) in [7, 11) is 0. The van der Waals surface area contributed by atoms with Crippen molar-refractivity contribution < 1.29 is 9.59 Å². The second kappa shape index (κ2) is 7.74. The van der Waals surface area contributed by atoms with Gasteiger partial charge in [0.05, 0.1) is 0 Å². The number of anilines is 2. The topological polar surface area (TPSA) is 65.5 Å². The number of nitrogens with one attached hydrogen (secondary N) is 1. The number of carbonyl (C=O) groups excluding carboxylic acids is 2. The quantitative estimate of drug-likeness (QED) is 0.899. The molecule has 0 atom stereocenters. The summed E-state index contributed by atoms with van der Waals surface area (Å²) in [4.78, 5) is 32.2. The number of aryl methyl sites for hydroxylation is 1. The number of hydrogen-bond donors (Lipinski definition) is 1. The number of hydrogen-bond acceptors (Lipinski definition) is 4.